The maximum Gasteiger partial charge on any atom is 0.673 e. The molecular weight excluding hydrogens is 858 g/mol. The van der Waals surface area contributed by atoms with E-state index in [1.807, 2.05) is 0 Å². The van der Waals surface area contributed by atoms with Crippen LogP contribution >= 0.6 is 15.8 Å². The molecule has 4 aliphatic rings. The van der Waals surface area contributed by atoms with Crippen LogP contribution in [0.4, 0.5) is 69.1 Å². The molecule has 0 aromatic heterocycles. The van der Waals surface area contributed by atoms with Crippen molar-refractivity contribution < 1.29 is 98.1 Å². The number of carbonyl (C=O) groups excluding carboxylic acids is 2. The first-order valence-corrected chi connectivity index (χ1v) is 18.2. The summed E-state index contributed by atoms with van der Waals surface area (Å²) in [6.45, 7) is 9.13. The normalized spacial score (nSPS) is 24.8. The molecule has 0 bridgehead atoms. The van der Waals surface area contributed by atoms with Gasteiger partial charge in [0.2, 0.25) is 0 Å². The Morgan fingerprint density at radius 2 is 0.627 bits per heavy atom. The molecule has 0 spiro atoms. The molecule has 1 saturated carbocycles. The van der Waals surface area contributed by atoms with Gasteiger partial charge in [0.05, 0.1) is 10.6 Å². The Hall–Kier alpha value is -0.497. The Morgan fingerprint density at radius 1 is 0.471 bits per heavy atom. The summed E-state index contributed by atoms with van der Waals surface area (Å²) >= 11 is 0. The number of likely N-dealkylation sites (N-methyl/N-ethyl adjacent to an activating group) is 1. The van der Waals surface area contributed by atoms with E-state index >= 15 is 0 Å². The zero-order valence-electron chi connectivity index (χ0n) is 28.1. The third-order valence-electron chi connectivity index (χ3n) is 6.99. The van der Waals surface area contributed by atoms with Gasteiger partial charge < -0.3 is 69.1 Å². The first-order chi connectivity index (χ1) is 22.3. The summed E-state index contributed by atoms with van der Waals surface area (Å²) in [6, 6.07) is 0. The number of hydrogen-bond acceptors (Lipinski definition) is 2. The smallest absolute Gasteiger partial charge is 0.418 e. The van der Waals surface area contributed by atoms with Crippen LogP contribution in [0.5, 0.6) is 0 Å². The fraction of sp³-hybridized carbons (Fsp3) is 0.680. The van der Waals surface area contributed by atoms with Gasteiger partial charge in [-0.05, 0) is 99.7 Å². The van der Waals surface area contributed by atoms with Crippen molar-refractivity contribution in [2.24, 2.45) is 0 Å². The van der Waals surface area contributed by atoms with Crippen LogP contribution in [0.1, 0.15) is 79.1 Å². The summed E-state index contributed by atoms with van der Waals surface area (Å²) in [5, 5.41) is 1.96. The van der Waals surface area contributed by atoms with Crippen molar-refractivity contribution in [3.05, 3.63) is 36.3 Å². The number of carbonyl (C=O) groups is 2. The average Bonchev–Trinajstić information content (AvgIpc) is 3.43. The van der Waals surface area contributed by atoms with Gasteiger partial charge in [-0.15, -0.1) is 0 Å². The second-order valence-corrected chi connectivity index (χ2v) is 17.4. The van der Waals surface area contributed by atoms with Crippen molar-refractivity contribution in [1.29, 1.82) is 0 Å². The van der Waals surface area contributed by atoms with E-state index in [2.05, 4.69) is 53.4 Å². The molecule has 51 heavy (non-hydrogen) atoms. The molecule has 2 amide bonds. The first-order valence-electron chi connectivity index (χ1n) is 15.3. The van der Waals surface area contributed by atoms with Gasteiger partial charge in [0, 0.05) is 26.5 Å². The van der Waals surface area contributed by atoms with E-state index in [9.17, 15) is 78.6 Å². The summed E-state index contributed by atoms with van der Waals surface area (Å²) in [7, 11) is -23.3. The Kier molecular flexibility index (Phi) is 26.7. The maximum atomic E-state index is 12.8. The van der Waals surface area contributed by atoms with Gasteiger partial charge >= 0.3 is 29.0 Å². The average molecular weight is 898 g/mol. The van der Waals surface area contributed by atoms with Gasteiger partial charge in [0.15, 0.2) is 0 Å². The molecule has 26 heteroatoms. The molecule has 5 radical (unpaired) electrons. The number of hydrogen-bond donors (Lipinski definition) is 0. The molecule has 0 N–H and O–H groups in total. The minimum atomic E-state index is -6.00. The van der Waals surface area contributed by atoms with Crippen LogP contribution in [0.2, 0.25) is 0 Å². The van der Waals surface area contributed by atoms with Crippen LogP contribution < -0.4 is 0 Å². The van der Waals surface area contributed by atoms with Gasteiger partial charge in [0.25, 0.3) is 11.8 Å². The maximum absolute atomic E-state index is 12.8. The Bertz CT molecular complexity index is 893. The van der Waals surface area contributed by atoms with Crippen molar-refractivity contribution >= 4 is 56.7 Å². The summed E-state index contributed by atoms with van der Waals surface area (Å²) in [6.07, 6.45) is 18.8. The van der Waals surface area contributed by atoms with Crippen LogP contribution in [-0.4, -0.2) is 75.4 Å². The number of halogens is 16. The van der Waals surface area contributed by atoms with Crippen molar-refractivity contribution in [3.8, 4) is 0 Å². The molecule has 3 fully saturated rings. The van der Waals surface area contributed by atoms with Crippen molar-refractivity contribution in [2.45, 2.75) is 102 Å². The van der Waals surface area contributed by atoms with E-state index < -0.39 is 44.9 Å². The minimum Gasteiger partial charge on any atom is -0.418 e. The molecule has 0 aromatic carbocycles. The van der Waals surface area contributed by atoms with E-state index in [0.717, 1.165) is 10.6 Å². The number of amides is 2. The summed E-state index contributed by atoms with van der Waals surface area (Å²) in [5.74, 6) is 0.0565. The second-order valence-electron chi connectivity index (χ2n) is 11.3. The van der Waals surface area contributed by atoms with E-state index in [-0.39, 0.29) is 31.3 Å². The van der Waals surface area contributed by atoms with Gasteiger partial charge in [-0.2, -0.15) is 0 Å². The molecule has 4 atom stereocenters. The van der Waals surface area contributed by atoms with Crippen LogP contribution in [0.3, 0.4) is 0 Å². The molecule has 0 aromatic rings. The monoisotopic (exact) mass is 898 g/mol. The Labute approximate surface area is 304 Å². The third kappa shape index (κ3) is 29.5. The molecule has 1 aliphatic carbocycles. The zero-order chi connectivity index (χ0) is 39.8. The van der Waals surface area contributed by atoms with Gasteiger partial charge in [0.1, 0.15) is 0 Å². The summed E-state index contributed by atoms with van der Waals surface area (Å²) in [4.78, 5) is 27.1. The molecule has 3 heterocycles. The van der Waals surface area contributed by atoms with Crippen LogP contribution in [0, 0.1) is 25.7 Å². The van der Waals surface area contributed by atoms with Gasteiger partial charge in [-0.1, -0.05) is 43.5 Å². The number of imide groups is 1. The van der Waals surface area contributed by atoms with Gasteiger partial charge in [-0.25, -0.2) is 0 Å². The molecule has 0 unspecified atom stereocenters. The molecular formula is C25H39B4F16NO2P2Rh-4. The van der Waals surface area contributed by atoms with Crippen molar-refractivity contribution in [1.82, 2.24) is 4.90 Å². The largest absolute Gasteiger partial charge is 0.673 e. The van der Waals surface area contributed by atoms with Crippen LogP contribution in [-0.2, 0) is 29.1 Å². The third-order valence-corrected chi connectivity index (χ3v) is 13.9. The topological polar surface area (TPSA) is 37.4 Å². The van der Waals surface area contributed by atoms with Crippen molar-refractivity contribution in [2.75, 3.05) is 7.05 Å². The van der Waals surface area contributed by atoms with Crippen molar-refractivity contribution in [3.63, 3.8) is 0 Å². The predicted octanol–water partition coefficient (Wildman–Crippen LogP) is 11.9. The number of nitrogens with zero attached hydrogens (tertiary/aromatic N) is 1. The van der Waals surface area contributed by atoms with E-state index in [0.29, 0.717) is 22.6 Å². The van der Waals surface area contributed by atoms with Crippen LogP contribution in [0.25, 0.3) is 0 Å². The SMILES string of the molecule is C[C@@H]1CC[C@@H](C)P1C1=C(P2[C@H](C)CC[C@H]2C)C(=O)N(C)C1=O.F[B-](F)(F)F.F[B-](F)(F)F.F[B-](F)(F)F.F[B-](F)(F)F.[CH]1[CH]CC[CH][CH]CC1.[Rh]. The molecule has 2 saturated heterocycles. The van der Waals surface area contributed by atoms with Crippen LogP contribution in [0.15, 0.2) is 10.6 Å². The fourth-order valence-corrected chi connectivity index (χ4v) is 12.5. The Balaban J connectivity index is -0.000000654. The van der Waals surface area contributed by atoms with E-state index in [4.69, 9.17) is 0 Å². The molecule has 3 nitrogen and oxygen atoms in total. The Morgan fingerprint density at radius 3 is 0.784 bits per heavy atom. The minimum absolute atomic E-state index is 0. The standard InChI is InChI=1S/C17H27NO2P2.C8H12.4BF4.Rh/c1-10-6-7-11(2)21(10)14-15(17(20)18(5)16(14)19)22-12(3)8-9-13(22)4;1-2-4-6-8-7-5-3-1;4*2-1(3,4)5;/h10-13H,6-9H2,1-5H3;1-2,7-8H,3-6H2;;;;;/q;;4*-1;/t10-,11-,12-,13-;;;;;;/m1....../s1. The van der Waals surface area contributed by atoms with Gasteiger partial charge in [-0.3, -0.25) is 14.5 Å². The number of rotatable bonds is 2. The van der Waals surface area contributed by atoms with E-state index in [1.54, 1.807) is 7.05 Å². The molecule has 4 rings (SSSR count). The zero-order valence-corrected chi connectivity index (χ0v) is 31.6. The predicted molar refractivity (Wildman–Crippen MR) is 171 cm³/mol. The quantitative estimate of drug-likeness (QED) is 0.120. The summed E-state index contributed by atoms with van der Waals surface area (Å²) < 4.78 is 156. The molecule has 3 aliphatic heterocycles. The summed E-state index contributed by atoms with van der Waals surface area (Å²) in [5.41, 5.74) is 2.34. The van der Waals surface area contributed by atoms with E-state index in [1.165, 1.54) is 56.3 Å². The molecule has 303 valence electrons. The first kappa shape index (κ1) is 54.8. The fourth-order valence-electron chi connectivity index (χ4n) is 5.21. The second kappa shape index (κ2) is 24.8.